The number of hydrogen-bond donors (Lipinski definition) is 1. The Kier molecular flexibility index (Phi) is 3.48. The number of aliphatic hydroxyl groups excluding tert-OH is 1. The molecule has 0 spiro atoms. The van der Waals surface area contributed by atoms with Crippen LogP contribution in [0.5, 0.6) is 0 Å². The van der Waals surface area contributed by atoms with Crippen molar-refractivity contribution in [3.63, 3.8) is 0 Å². The van der Waals surface area contributed by atoms with Crippen molar-refractivity contribution in [1.29, 1.82) is 0 Å². The summed E-state index contributed by atoms with van der Waals surface area (Å²) in [6.45, 7) is 4.54. The topological polar surface area (TPSA) is 38.1 Å². The minimum atomic E-state index is 0.179. The van der Waals surface area contributed by atoms with Gasteiger partial charge in [-0.25, -0.2) is 4.98 Å². The van der Waals surface area contributed by atoms with Crippen LogP contribution in [0.3, 0.4) is 0 Å². The molecule has 74 valence electrons. The molecule has 1 N–H and O–H groups in total. The van der Waals surface area contributed by atoms with Crippen molar-refractivity contribution in [1.82, 2.24) is 9.55 Å². The highest BCUT2D eigenvalue weighted by Crippen LogP contribution is 2.07. The number of aromatic nitrogens is 2. The Hall–Kier alpha value is -0.830. The highest BCUT2D eigenvalue weighted by molar-refractivity contribution is 5.04. The molecule has 0 saturated heterocycles. The summed E-state index contributed by atoms with van der Waals surface area (Å²) in [7, 11) is 2.01. The van der Waals surface area contributed by atoms with Crippen molar-refractivity contribution in [3.05, 3.63) is 17.7 Å². The van der Waals surface area contributed by atoms with Crippen LogP contribution in [0.2, 0.25) is 0 Å². The zero-order valence-corrected chi connectivity index (χ0v) is 8.62. The average molecular weight is 182 g/mol. The average Bonchev–Trinajstić information content (AvgIpc) is 2.31. The van der Waals surface area contributed by atoms with Crippen LogP contribution in [0.15, 0.2) is 6.20 Å². The fraction of sp³-hybridized carbons (Fsp3) is 0.700. The van der Waals surface area contributed by atoms with E-state index in [1.54, 1.807) is 0 Å². The van der Waals surface area contributed by atoms with Gasteiger partial charge in [0, 0.05) is 32.7 Å². The number of aryl methyl sites for hydroxylation is 1. The molecule has 3 nitrogen and oxygen atoms in total. The Morgan fingerprint density at radius 2 is 2.23 bits per heavy atom. The lowest BCUT2D eigenvalue weighted by molar-refractivity contribution is 0.298. The lowest BCUT2D eigenvalue weighted by Crippen LogP contribution is -2.02. The Bertz CT molecular complexity index is 266. The molecule has 0 fully saturated rings. The third-order valence-corrected chi connectivity index (χ3v) is 1.98. The molecule has 13 heavy (non-hydrogen) atoms. The summed E-state index contributed by atoms with van der Waals surface area (Å²) in [5.74, 6) is 1.74. The first-order chi connectivity index (χ1) is 6.13. The van der Waals surface area contributed by atoms with Crippen LogP contribution in [0.25, 0.3) is 0 Å². The van der Waals surface area contributed by atoms with Crippen molar-refractivity contribution in [3.8, 4) is 0 Å². The Balaban J connectivity index is 2.71. The first kappa shape index (κ1) is 10.3. The molecule has 1 aromatic heterocycles. The number of nitrogens with zero attached hydrogens (tertiary/aromatic N) is 2. The molecule has 3 heteroatoms. The van der Waals surface area contributed by atoms with E-state index in [9.17, 15) is 0 Å². The molecule has 0 atom stereocenters. The van der Waals surface area contributed by atoms with E-state index in [1.165, 1.54) is 0 Å². The highest BCUT2D eigenvalue weighted by atomic mass is 16.3. The predicted molar refractivity (Wildman–Crippen MR) is 52.5 cm³/mol. The molecule has 0 bridgehead atoms. The van der Waals surface area contributed by atoms with Gasteiger partial charge in [0.25, 0.3) is 0 Å². The van der Waals surface area contributed by atoms with E-state index in [0.717, 1.165) is 17.9 Å². The van der Waals surface area contributed by atoms with E-state index < -0.39 is 0 Å². The van der Waals surface area contributed by atoms with Crippen molar-refractivity contribution in [2.45, 2.75) is 26.7 Å². The van der Waals surface area contributed by atoms with Crippen LogP contribution in [-0.2, 0) is 19.9 Å². The van der Waals surface area contributed by atoms with Gasteiger partial charge in [0.1, 0.15) is 5.82 Å². The number of aliphatic hydroxyl groups is 1. The summed E-state index contributed by atoms with van der Waals surface area (Å²) >= 11 is 0. The van der Waals surface area contributed by atoms with E-state index >= 15 is 0 Å². The van der Waals surface area contributed by atoms with Crippen LogP contribution in [0.4, 0.5) is 0 Å². The lowest BCUT2D eigenvalue weighted by atomic mass is 10.1. The lowest BCUT2D eigenvalue weighted by Gasteiger charge is -2.03. The maximum absolute atomic E-state index is 8.75. The Morgan fingerprint density at radius 3 is 2.77 bits per heavy atom. The number of hydrogen-bond acceptors (Lipinski definition) is 2. The summed E-state index contributed by atoms with van der Waals surface area (Å²) in [5.41, 5.74) is 0.987. The van der Waals surface area contributed by atoms with Gasteiger partial charge in [-0.3, -0.25) is 0 Å². The zero-order chi connectivity index (χ0) is 9.84. The highest BCUT2D eigenvalue weighted by Gasteiger charge is 2.06. The smallest absolute Gasteiger partial charge is 0.108 e. The van der Waals surface area contributed by atoms with Crippen molar-refractivity contribution in [2.24, 2.45) is 13.0 Å². The number of imidazole rings is 1. The largest absolute Gasteiger partial charge is 0.396 e. The Morgan fingerprint density at radius 1 is 1.54 bits per heavy atom. The van der Waals surface area contributed by atoms with Crippen LogP contribution in [0, 0.1) is 5.92 Å². The summed E-state index contributed by atoms with van der Waals surface area (Å²) in [4.78, 5) is 4.44. The van der Waals surface area contributed by atoms with Gasteiger partial charge in [0.15, 0.2) is 0 Å². The molecular formula is C10H18N2O. The molecule has 0 radical (unpaired) electrons. The molecule has 0 aliphatic carbocycles. The van der Waals surface area contributed by atoms with E-state index in [4.69, 9.17) is 5.11 Å². The monoisotopic (exact) mass is 182 g/mol. The quantitative estimate of drug-likeness (QED) is 0.758. The molecule has 0 aliphatic rings. The zero-order valence-electron chi connectivity index (χ0n) is 8.62. The molecule has 0 amide bonds. The van der Waals surface area contributed by atoms with Crippen LogP contribution in [-0.4, -0.2) is 21.3 Å². The first-order valence-electron chi connectivity index (χ1n) is 4.75. The van der Waals surface area contributed by atoms with E-state index in [-0.39, 0.29) is 6.61 Å². The van der Waals surface area contributed by atoms with Gasteiger partial charge in [0.2, 0.25) is 0 Å². The first-order valence-corrected chi connectivity index (χ1v) is 4.75. The van der Waals surface area contributed by atoms with Crippen LogP contribution >= 0.6 is 0 Å². The van der Waals surface area contributed by atoms with Crippen LogP contribution < -0.4 is 0 Å². The minimum Gasteiger partial charge on any atom is -0.396 e. The van der Waals surface area contributed by atoms with Gasteiger partial charge in [-0.05, 0) is 5.92 Å². The second-order valence-electron chi connectivity index (χ2n) is 3.83. The van der Waals surface area contributed by atoms with Crippen molar-refractivity contribution in [2.75, 3.05) is 6.61 Å². The van der Waals surface area contributed by atoms with E-state index in [2.05, 4.69) is 18.8 Å². The molecule has 1 aromatic rings. The van der Waals surface area contributed by atoms with Gasteiger partial charge in [-0.1, -0.05) is 13.8 Å². The normalized spacial score (nSPS) is 11.2. The summed E-state index contributed by atoms with van der Waals surface area (Å²) < 4.78 is 2.05. The fourth-order valence-electron chi connectivity index (χ4n) is 1.36. The minimum absolute atomic E-state index is 0.179. The molecule has 0 aromatic carbocycles. The van der Waals surface area contributed by atoms with Gasteiger partial charge < -0.3 is 9.67 Å². The summed E-state index contributed by atoms with van der Waals surface area (Å²) in [6.07, 6.45) is 3.65. The van der Waals surface area contributed by atoms with Gasteiger partial charge in [-0.2, -0.15) is 0 Å². The standard InChI is InChI=1S/C10H18N2O/c1-8(2)6-10-11-9(4-5-13)7-12(10)3/h7-8,13H,4-6H2,1-3H3. The van der Waals surface area contributed by atoms with Crippen LogP contribution in [0.1, 0.15) is 25.4 Å². The van der Waals surface area contributed by atoms with Gasteiger partial charge in [0.05, 0.1) is 5.69 Å². The molecule has 0 aliphatic heterocycles. The van der Waals surface area contributed by atoms with Crippen molar-refractivity contribution >= 4 is 0 Å². The van der Waals surface area contributed by atoms with Gasteiger partial charge in [-0.15, -0.1) is 0 Å². The third kappa shape index (κ3) is 2.84. The molecule has 0 saturated carbocycles. The van der Waals surface area contributed by atoms with Crippen molar-refractivity contribution < 1.29 is 5.11 Å². The second-order valence-corrected chi connectivity index (χ2v) is 3.83. The molecule has 1 rings (SSSR count). The predicted octanol–water partition coefficient (Wildman–Crippen LogP) is 1.15. The summed E-state index contributed by atoms with van der Waals surface area (Å²) in [6, 6.07) is 0. The van der Waals surface area contributed by atoms with E-state index in [0.29, 0.717) is 12.3 Å². The summed E-state index contributed by atoms with van der Waals surface area (Å²) in [5, 5.41) is 8.75. The molecule has 1 heterocycles. The fourth-order valence-corrected chi connectivity index (χ4v) is 1.36. The van der Waals surface area contributed by atoms with Gasteiger partial charge >= 0.3 is 0 Å². The second kappa shape index (κ2) is 4.42. The molecular weight excluding hydrogens is 164 g/mol. The molecule has 0 unspecified atom stereocenters. The number of rotatable bonds is 4. The Labute approximate surface area is 79.4 Å². The van der Waals surface area contributed by atoms with E-state index in [1.807, 2.05) is 17.8 Å². The SMILES string of the molecule is CC(C)Cc1nc(CCO)cn1C. The maximum atomic E-state index is 8.75. The maximum Gasteiger partial charge on any atom is 0.108 e. The third-order valence-electron chi connectivity index (χ3n) is 1.98.